The van der Waals surface area contributed by atoms with E-state index in [1.807, 2.05) is 13.8 Å². The highest BCUT2D eigenvalue weighted by atomic mass is 16.7. The Morgan fingerprint density at radius 3 is 2.17 bits per heavy atom. The quantitative estimate of drug-likeness (QED) is 0.265. The Morgan fingerprint density at radius 1 is 1.00 bits per heavy atom. The third kappa shape index (κ3) is 8.43. The van der Waals surface area contributed by atoms with Crippen molar-refractivity contribution in [2.75, 3.05) is 13.2 Å². The summed E-state index contributed by atoms with van der Waals surface area (Å²) in [7, 11) is 0. The average Bonchev–Trinajstić information content (AvgIpc) is 2.64. The van der Waals surface area contributed by atoms with Gasteiger partial charge < -0.3 is 40.1 Å². The van der Waals surface area contributed by atoms with E-state index in [-0.39, 0.29) is 6.61 Å². The molecular weight excluding hydrogens is 380 g/mol. The van der Waals surface area contributed by atoms with E-state index in [0.29, 0.717) is 12.8 Å². The predicted octanol–water partition coefficient (Wildman–Crippen LogP) is 0.388. The molecule has 0 aromatic rings. The van der Waals surface area contributed by atoms with Crippen LogP contribution in [0.1, 0.15) is 53.4 Å². The van der Waals surface area contributed by atoms with Crippen molar-refractivity contribution in [2.24, 2.45) is 0 Å². The lowest BCUT2D eigenvalue weighted by Gasteiger charge is -2.42. The number of aliphatic hydroxyl groups is 6. The van der Waals surface area contributed by atoms with E-state index in [9.17, 15) is 25.5 Å². The highest BCUT2D eigenvalue weighted by Gasteiger charge is 2.46. The van der Waals surface area contributed by atoms with Crippen molar-refractivity contribution in [3.8, 4) is 0 Å². The Balaban J connectivity index is 2.70. The van der Waals surface area contributed by atoms with Crippen LogP contribution in [0.25, 0.3) is 0 Å². The first-order valence-electron chi connectivity index (χ1n) is 10.1. The van der Waals surface area contributed by atoms with Gasteiger partial charge in [0.1, 0.15) is 24.4 Å². The molecule has 0 aromatic carbocycles. The van der Waals surface area contributed by atoms with E-state index in [1.54, 1.807) is 19.9 Å². The lowest BCUT2D eigenvalue weighted by atomic mass is 9.94. The number of ether oxygens (including phenoxy) is 2. The molecule has 1 heterocycles. The van der Waals surface area contributed by atoms with Gasteiger partial charge in [0.25, 0.3) is 0 Å². The lowest BCUT2D eigenvalue weighted by Crippen LogP contribution is -2.60. The van der Waals surface area contributed by atoms with E-state index in [0.717, 1.165) is 24.0 Å². The van der Waals surface area contributed by atoms with Crippen molar-refractivity contribution in [3.05, 3.63) is 23.3 Å². The van der Waals surface area contributed by atoms with Gasteiger partial charge in [-0.15, -0.1) is 0 Å². The van der Waals surface area contributed by atoms with Crippen LogP contribution in [-0.4, -0.2) is 86.3 Å². The van der Waals surface area contributed by atoms with Gasteiger partial charge in [0.15, 0.2) is 6.29 Å². The zero-order valence-corrected chi connectivity index (χ0v) is 17.9. The number of aliphatic hydroxyl groups excluding tert-OH is 5. The SMILES string of the molecule is CC(=CCO)CCC=C(C)CCC(OC1OC(CO)C(O)C(O)C1O)C(C)(C)O. The molecule has 0 bridgehead atoms. The van der Waals surface area contributed by atoms with Gasteiger partial charge in [-0.3, -0.25) is 0 Å². The molecule has 29 heavy (non-hydrogen) atoms. The Kier molecular flexibility index (Phi) is 10.9. The van der Waals surface area contributed by atoms with Gasteiger partial charge >= 0.3 is 0 Å². The first-order valence-corrected chi connectivity index (χ1v) is 10.1. The van der Waals surface area contributed by atoms with Gasteiger partial charge in [-0.1, -0.05) is 23.3 Å². The summed E-state index contributed by atoms with van der Waals surface area (Å²) >= 11 is 0. The fourth-order valence-corrected chi connectivity index (χ4v) is 3.19. The van der Waals surface area contributed by atoms with E-state index >= 15 is 0 Å². The van der Waals surface area contributed by atoms with Crippen LogP contribution in [0.3, 0.4) is 0 Å². The van der Waals surface area contributed by atoms with E-state index in [4.69, 9.17) is 14.6 Å². The average molecular weight is 419 g/mol. The summed E-state index contributed by atoms with van der Waals surface area (Å²) in [5, 5.41) is 58.6. The highest BCUT2D eigenvalue weighted by Crippen LogP contribution is 2.28. The van der Waals surface area contributed by atoms with Crippen molar-refractivity contribution < 1.29 is 40.1 Å². The van der Waals surface area contributed by atoms with E-state index in [1.165, 1.54) is 0 Å². The van der Waals surface area contributed by atoms with Crippen LogP contribution in [0.15, 0.2) is 23.3 Å². The topological polar surface area (TPSA) is 140 Å². The minimum absolute atomic E-state index is 0.0388. The van der Waals surface area contributed by atoms with Crippen molar-refractivity contribution in [1.82, 2.24) is 0 Å². The van der Waals surface area contributed by atoms with E-state index < -0.39 is 49.0 Å². The van der Waals surface area contributed by atoms with Gasteiger partial charge in [0.05, 0.1) is 24.9 Å². The van der Waals surface area contributed by atoms with Crippen LogP contribution < -0.4 is 0 Å². The maximum atomic E-state index is 10.5. The van der Waals surface area contributed by atoms with Crippen molar-refractivity contribution >= 4 is 0 Å². The van der Waals surface area contributed by atoms with Crippen LogP contribution >= 0.6 is 0 Å². The zero-order valence-electron chi connectivity index (χ0n) is 17.9. The first-order chi connectivity index (χ1) is 13.5. The summed E-state index contributed by atoms with van der Waals surface area (Å²) in [5.74, 6) is 0. The van der Waals surface area contributed by atoms with E-state index in [2.05, 4.69) is 6.08 Å². The molecule has 1 rings (SSSR count). The Bertz CT molecular complexity index is 537. The second kappa shape index (κ2) is 12.1. The molecule has 8 heteroatoms. The van der Waals surface area contributed by atoms with Crippen LogP contribution in [0.2, 0.25) is 0 Å². The molecule has 6 N–H and O–H groups in total. The minimum Gasteiger partial charge on any atom is -0.394 e. The molecule has 1 fully saturated rings. The summed E-state index contributed by atoms with van der Waals surface area (Å²) in [4.78, 5) is 0. The Hall–Kier alpha value is -0.840. The van der Waals surface area contributed by atoms with Gasteiger partial charge in [-0.05, 0) is 53.4 Å². The zero-order chi connectivity index (χ0) is 22.2. The molecule has 1 aliphatic heterocycles. The maximum absolute atomic E-state index is 10.5. The largest absolute Gasteiger partial charge is 0.394 e. The molecule has 0 amide bonds. The summed E-state index contributed by atoms with van der Waals surface area (Å²) < 4.78 is 11.2. The van der Waals surface area contributed by atoms with Gasteiger partial charge in [0, 0.05) is 0 Å². The lowest BCUT2D eigenvalue weighted by molar-refractivity contribution is -0.322. The van der Waals surface area contributed by atoms with Crippen molar-refractivity contribution in [1.29, 1.82) is 0 Å². The number of rotatable bonds is 11. The van der Waals surface area contributed by atoms with Gasteiger partial charge in [-0.25, -0.2) is 0 Å². The Labute approximate surface area is 173 Å². The molecule has 8 nitrogen and oxygen atoms in total. The summed E-state index contributed by atoms with van der Waals surface area (Å²) in [6.45, 7) is 6.63. The van der Waals surface area contributed by atoms with Crippen LogP contribution in [0, 0.1) is 0 Å². The molecule has 6 unspecified atom stereocenters. The molecule has 0 saturated carbocycles. The minimum atomic E-state index is -1.52. The summed E-state index contributed by atoms with van der Waals surface area (Å²) in [5.41, 5.74) is 1.00. The molecule has 0 radical (unpaired) electrons. The fourth-order valence-electron chi connectivity index (χ4n) is 3.19. The smallest absolute Gasteiger partial charge is 0.187 e. The third-order valence-electron chi connectivity index (χ3n) is 5.21. The van der Waals surface area contributed by atoms with Crippen LogP contribution in [0.4, 0.5) is 0 Å². The van der Waals surface area contributed by atoms with Crippen molar-refractivity contribution in [2.45, 2.75) is 95.8 Å². The highest BCUT2D eigenvalue weighted by molar-refractivity contribution is 5.04. The van der Waals surface area contributed by atoms with Gasteiger partial charge in [-0.2, -0.15) is 0 Å². The molecule has 170 valence electrons. The standard InChI is InChI=1S/C21H38O8/c1-13(6-5-7-14(2)10-11-22)8-9-16(21(3,4)27)29-20-19(26)18(25)17(24)15(12-23)28-20/h6,10,15-20,22-27H,5,7-9,11-12H2,1-4H3. The first kappa shape index (κ1) is 26.2. The summed E-state index contributed by atoms with van der Waals surface area (Å²) in [6, 6.07) is 0. The molecule has 0 spiro atoms. The summed E-state index contributed by atoms with van der Waals surface area (Å²) in [6.07, 6.45) is -0.848. The fraction of sp³-hybridized carbons (Fsp3) is 0.810. The normalized spacial score (nSPS) is 30.5. The Morgan fingerprint density at radius 2 is 1.62 bits per heavy atom. The maximum Gasteiger partial charge on any atom is 0.187 e. The number of allylic oxidation sites excluding steroid dienone is 3. The third-order valence-corrected chi connectivity index (χ3v) is 5.21. The molecule has 0 aromatic heterocycles. The monoisotopic (exact) mass is 418 g/mol. The molecule has 1 saturated heterocycles. The molecule has 0 aliphatic carbocycles. The van der Waals surface area contributed by atoms with Crippen LogP contribution in [-0.2, 0) is 9.47 Å². The molecule has 6 atom stereocenters. The van der Waals surface area contributed by atoms with Crippen molar-refractivity contribution in [3.63, 3.8) is 0 Å². The molecule has 1 aliphatic rings. The number of hydrogen-bond donors (Lipinski definition) is 6. The predicted molar refractivity (Wildman–Crippen MR) is 108 cm³/mol. The van der Waals surface area contributed by atoms with Crippen LogP contribution in [0.5, 0.6) is 0 Å². The van der Waals surface area contributed by atoms with Gasteiger partial charge in [0.2, 0.25) is 0 Å². The number of hydrogen-bond acceptors (Lipinski definition) is 8. The second-order valence-corrected chi connectivity index (χ2v) is 8.34. The second-order valence-electron chi connectivity index (χ2n) is 8.34. The molecular formula is C21H38O8.